The normalized spacial score (nSPS) is 14.4. The summed E-state index contributed by atoms with van der Waals surface area (Å²) in [6, 6.07) is 5.74. The van der Waals surface area contributed by atoms with E-state index in [1.54, 1.807) is 14.2 Å². The Morgan fingerprint density at radius 2 is 2.11 bits per heavy atom. The number of urea groups is 1. The number of carbonyl (C=O) groups is 1. The van der Waals surface area contributed by atoms with Crippen molar-refractivity contribution in [2.75, 3.05) is 14.2 Å². The zero-order valence-corrected chi connectivity index (χ0v) is 11.4. The highest BCUT2D eigenvalue weighted by molar-refractivity contribution is 5.74. The third-order valence-corrected chi connectivity index (χ3v) is 3.37. The first-order valence-corrected chi connectivity index (χ1v) is 6.48. The Kier molecular flexibility index (Phi) is 4.49. The average molecular weight is 264 g/mol. The zero-order valence-electron chi connectivity index (χ0n) is 11.4. The Morgan fingerprint density at radius 1 is 1.32 bits per heavy atom. The number of amides is 2. The second-order valence-corrected chi connectivity index (χ2v) is 4.63. The zero-order chi connectivity index (χ0) is 13.7. The first-order valence-electron chi connectivity index (χ1n) is 6.48. The summed E-state index contributed by atoms with van der Waals surface area (Å²) in [4.78, 5) is 11.7. The second kappa shape index (κ2) is 6.31. The van der Waals surface area contributed by atoms with E-state index in [9.17, 15) is 4.79 Å². The molecule has 0 aromatic heterocycles. The number of methoxy groups -OCH3 is 2. The van der Waals surface area contributed by atoms with Crippen molar-refractivity contribution in [2.45, 2.75) is 31.8 Å². The van der Waals surface area contributed by atoms with Crippen LogP contribution in [0, 0.1) is 0 Å². The summed E-state index contributed by atoms with van der Waals surface area (Å²) in [5, 5.41) is 5.77. The lowest BCUT2D eigenvalue weighted by Crippen LogP contribution is -2.44. The van der Waals surface area contributed by atoms with Gasteiger partial charge in [0.05, 0.1) is 14.2 Å². The maximum Gasteiger partial charge on any atom is 0.315 e. The van der Waals surface area contributed by atoms with Gasteiger partial charge in [-0.2, -0.15) is 0 Å². The Morgan fingerprint density at radius 3 is 2.68 bits per heavy atom. The highest BCUT2D eigenvalue weighted by atomic mass is 16.5. The van der Waals surface area contributed by atoms with E-state index >= 15 is 0 Å². The highest BCUT2D eigenvalue weighted by Crippen LogP contribution is 2.23. The number of benzene rings is 1. The summed E-state index contributed by atoms with van der Waals surface area (Å²) >= 11 is 0. The van der Waals surface area contributed by atoms with E-state index in [-0.39, 0.29) is 6.03 Å². The Balaban J connectivity index is 1.91. The lowest BCUT2D eigenvalue weighted by atomic mass is 9.93. The standard InChI is InChI=1S/C14H20N2O3/c1-18-12-6-7-13(19-2)10(8-12)9-15-14(17)16-11-4-3-5-11/h6-8,11H,3-5,9H2,1-2H3,(H2,15,16,17). The molecule has 2 N–H and O–H groups in total. The first-order chi connectivity index (χ1) is 9.22. The largest absolute Gasteiger partial charge is 0.497 e. The van der Waals surface area contributed by atoms with Crippen molar-refractivity contribution in [3.63, 3.8) is 0 Å². The summed E-state index contributed by atoms with van der Waals surface area (Å²) in [7, 11) is 3.22. The van der Waals surface area contributed by atoms with Gasteiger partial charge in [0.15, 0.2) is 0 Å². The van der Waals surface area contributed by atoms with Gasteiger partial charge in [-0.3, -0.25) is 0 Å². The molecular weight excluding hydrogens is 244 g/mol. The molecule has 5 heteroatoms. The van der Waals surface area contributed by atoms with E-state index in [1.807, 2.05) is 18.2 Å². The number of rotatable bonds is 5. The van der Waals surface area contributed by atoms with Crippen molar-refractivity contribution in [2.24, 2.45) is 0 Å². The number of ether oxygens (including phenoxy) is 2. The molecule has 1 aromatic carbocycles. The van der Waals surface area contributed by atoms with Crippen LogP contribution in [-0.2, 0) is 6.54 Å². The van der Waals surface area contributed by atoms with E-state index in [2.05, 4.69) is 10.6 Å². The highest BCUT2D eigenvalue weighted by Gasteiger charge is 2.19. The summed E-state index contributed by atoms with van der Waals surface area (Å²) in [5.41, 5.74) is 0.894. The Hall–Kier alpha value is -1.91. The van der Waals surface area contributed by atoms with Gasteiger partial charge in [0.2, 0.25) is 0 Å². The fourth-order valence-corrected chi connectivity index (χ4v) is 1.98. The fourth-order valence-electron chi connectivity index (χ4n) is 1.98. The van der Waals surface area contributed by atoms with Crippen LogP contribution in [0.1, 0.15) is 24.8 Å². The third kappa shape index (κ3) is 3.53. The molecule has 1 saturated carbocycles. The molecule has 104 valence electrons. The van der Waals surface area contributed by atoms with E-state index in [4.69, 9.17) is 9.47 Å². The lowest BCUT2D eigenvalue weighted by Gasteiger charge is -2.26. The van der Waals surface area contributed by atoms with Crippen LogP contribution in [0.3, 0.4) is 0 Å². The number of hydrogen-bond donors (Lipinski definition) is 2. The van der Waals surface area contributed by atoms with Gasteiger partial charge in [0, 0.05) is 18.2 Å². The van der Waals surface area contributed by atoms with E-state index < -0.39 is 0 Å². The van der Waals surface area contributed by atoms with Crippen molar-refractivity contribution in [1.82, 2.24) is 10.6 Å². The molecule has 1 aliphatic rings. The van der Waals surface area contributed by atoms with Crippen molar-refractivity contribution < 1.29 is 14.3 Å². The molecule has 19 heavy (non-hydrogen) atoms. The molecule has 1 aliphatic carbocycles. The number of hydrogen-bond acceptors (Lipinski definition) is 3. The molecule has 0 heterocycles. The predicted octanol–water partition coefficient (Wildman–Crippen LogP) is 2.06. The molecule has 0 aliphatic heterocycles. The smallest absolute Gasteiger partial charge is 0.315 e. The quantitative estimate of drug-likeness (QED) is 0.855. The van der Waals surface area contributed by atoms with Crippen LogP contribution in [0.4, 0.5) is 4.79 Å². The van der Waals surface area contributed by atoms with Gasteiger partial charge in [-0.1, -0.05) is 0 Å². The fraction of sp³-hybridized carbons (Fsp3) is 0.500. The van der Waals surface area contributed by atoms with Crippen molar-refractivity contribution in [3.05, 3.63) is 23.8 Å². The van der Waals surface area contributed by atoms with Crippen LogP contribution in [0.2, 0.25) is 0 Å². The summed E-state index contributed by atoms with van der Waals surface area (Å²) < 4.78 is 10.4. The molecule has 5 nitrogen and oxygen atoms in total. The molecule has 0 unspecified atom stereocenters. The molecule has 2 rings (SSSR count). The van der Waals surface area contributed by atoms with Crippen LogP contribution in [0.5, 0.6) is 11.5 Å². The van der Waals surface area contributed by atoms with Crippen molar-refractivity contribution in [1.29, 1.82) is 0 Å². The van der Waals surface area contributed by atoms with Crippen LogP contribution >= 0.6 is 0 Å². The predicted molar refractivity (Wildman–Crippen MR) is 72.6 cm³/mol. The molecule has 0 bridgehead atoms. The molecular formula is C14H20N2O3. The summed E-state index contributed by atoms with van der Waals surface area (Å²) in [6.45, 7) is 0.416. The van der Waals surface area contributed by atoms with Crippen molar-refractivity contribution >= 4 is 6.03 Å². The third-order valence-electron chi connectivity index (χ3n) is 3.37. The van der Waals surface area contributed by atoms with Gasteiger partial charge in [-0.15, -0.1) is 0 Å². The second-order valence-electron chi connectivity index (χ2n) is 4.63. The molecule has 0 radical (unpaired) electrons. The summed E-state index contributed by atoms with van der Waals surface area (Å²) in [6.07, 6.45) is 3.36. The van der Waals surface area contributed by atoms with E-state index in [0.717, 1.165) is 29.9 Å². The SMILES string of the molecule is COc1ccc(OC)c(CNC(=O)NC2CCC2)c1. The molecule has 0 spiro atoms. The van der Waals surface area contributed by atoms with E-state index in [1.165, 1.54) is 6.42 Å². The van der Waals surface area contributed by atoms with Gasteiger partial charge in [0.25, 0.3) is 0 Å². The van der Waals surface area contributed by atoms with Crippen molar-refractivity contribution in [3.8, 4) is 11.5 Å². The monoisotopic (exact) mass is 264 g/mol. The first kappa shape index (κ1) is 13.5. The topological polar surface area (TPSA) is 59.6 Å². The molecule has 1 aromatic rings. The lowest BCUT2D eigenvalue weighted by molar-refractivity contribution is 0.228. The minimum absolute atomic E-state index is 0.130. The average Bonchev–Trinajstić information content (AvgIpc) is 2.40. The molecule has 1 fully saturated rings. The number of carbonyl (C=O) groups excluding carboxylic acids is 1. The number of nitrogens with one attached hydrogen (secondary N) is 2. The van der Waals surface area contributed by atoms with Gasteiger partial charge < -0.3 is 20.1 Å². The maximum absolute atomic E-state index is 11.7. The Labute approximate surface area is 113 Å². The van der Waals surface area contributed by atoms with E-state index in [0.29, 0.717) is 12.6 Å². The van der Waals surface area contributed by atoms with Gasteiger partial charge in [0.1, 0.15) is 11.5 Å². The minimum atomic E-state index is -0.130. The van der Waals surface area contributed by atoms with Crippen LogP contribution < -0.4 is 20.1 Å². The molecule has 2 amide bonds. The Bertz CT molecular complexity index is 444. The maximum atomic E-state index is 11.7. The van der Waals surface area contributed by atoms with Crippen LogP contribution in [0.15, 0.2) is 18.2 Å². The van der Waals surface area contributed by atoms with Gasteiger partial charge in [-0.05, 0) is 37.5 Å². The van der Waals surface area contributed by atoms with Crippen LogP contribution in [-0.4, -0.2) is 26.3 Å². The molecule has 0 saturated heterocycles. The van der Waals surface area contributed by atoms with Gasteiger partial charge >= 0.3 is 6.03 Å². The molecule has 0 atom stereocenters. The van der Waals surface area contributed by atoms with Gasteiger partial charge in [-0.25, -0.2) is 4.79 Å². The van der Waals surface area contributed by atoms with Crippen LogP contribution in [0.25, 0.3) is 0 Å². The minimum Gasteiger partial charge on any atom is -0.497 e. The summed E-state index contributed by atoms with van der Waals surface area (Å²) in [5.74, 6) is 1.49.